The molecule has 0 aliphatic rings. The van der Waals surface area contributed by atoms with Crippen molar-refractivity contribution in [2.24, 2.45) is 0 Å². The first-order valence-electron chi connectivity index (χ1n) is 5.28. The van der Waals surface area contributed by atoms with Crippen molar-refractivity contribution >= 4 is 28.3 Å². The second-order valence-corrected chi connectivity index (χ2v) is 4.78. The Hall–Kier alpha value is -1.63. The summed E-state index contributed by atoms with van der Waals surface area (Å²) in [5.41, 5.74) is 1.000. The third kappa shape index (κ3) is 2.98. The standard InChI is InChI=1S/C13H10INO3/c14-11-7-4-8-12(13(11)15(16)17)18-9-10-5-2-1-3-6-10/h1-8H,9H2. The molecular weight excluding hydrogens is 345 g/mol. The van der Waals surface area contributed by atoms with Crippen molar-refractivity contribution in [2.45, 2.75) is 6.61 Å². The fraction of sp³-hybridized carbons (Fsp3) is 0.0769. The topological polar surface area (TPSA) is 52.4 Å². The van der Waals surface area contributed by atoms with Gasteiger partial charge in [-0.1, -0.05) is 36.4 Å². The largest absolute Gasteiger partial charge is 0.482 e. The van der Waals surface area contributed by atoms with Gasteiger partial charge in [0.1, 0.15) is 6.61 Å². The molecule has 92 valence electrons. The predicted octanol–water partition coefficient (Wildman–Crippen LogP) is 3.78. The molecule has 5 heteroatoms. The molecule has 2 aromatic carbocycles. The average molecular weight is 355 g/mol. The van der Waals surface area contributed by atoms with E-state index >= 15 is 0 Å². The molecule has 2 rings (SSSR count). The van der Waals surface area contributed by atoms with Gasteiger partial charge in [0.15, 0.2) is 5.75 Å². The van der Waals surface area contributed by atoms with Gasteiger partial charge < -0.3 is 4.74 Å². The zero-order valence-corrected chi connectivity index (χ0v) is 11.5. The number of hydrogen-bond donors (Lipinski definition) is 0. The highest BCUT2D eigenvalue weighted by Gasteiger charge is 2.19. The number of rotatable bonds is 4. The maximum Gasteiger partial charge on any atom is 0.324 e. The number of nitro benzene ring substituents is 1. The number of ether oxygens (including phenoxy) is 1. The lowest BCUT2D eigenvalue weighted by Gasteiger charge is -2.07. The summed E-state index contributed by atoms with van der Waals surface area (Å²) in [7, 11) is 0. The molecule has 0 radical (unpaired) electrons. The molecule has 4 nitrogen and oxygen atoms in total. The molecule has 0 aliphatic carbocycles. The predicted molar refractivity (Wildman–Crippen MR) is 76.6 cm³/mol. The molecule has 0 N–H and O–H groups in total. The van der Waals surface area contributed by atoms with Gasteiger partial charge in [0, 0.05) is 0 Å². The zero-order chi connectivity index (χ0) is 13.0. The number of halogens is 1. The Morgan fingerprint density at radius 3 is 2.50 bits per heavy atom. The van der Waals surface area contributed by atoms with Crippen molar-refractivity contribution in [1.29, 1.82) is 0 Å². The summed E-state index contributed by atoms with van der Waals surface area (Å²) in [6.07, 6.45) is 0. The molecule has 0 unspecified atom stereocenters. The third-order valence-corrected chi connectivity index (χ3v) is 3.24. The van der Waals surface area contributed by atoms with E-state index in [4.69, 9.17) is 4.74 Å². The maximum atomic E-state index is 11.0. The van der Waals surface area contributed by atoms with Crippen molar-refractivity contribution in [3.63, 3.8) is 0 Å². The minimum atomic E-state index is -0.415. The molecule has 0 fully saturated rings. The molecule has 2 aromatic rings. The highest BCUT2D eigenvalue weighted by atomic mass is 127. The van der Waals surface area contributed by atoms with Gasteiger partial charge in [0.05, 0.1) is 8.49 Å². The lowest BCUT2D eigenvalue weighted by Crippen LogP contribution is -2.00. The van der Waals surface area contributed by atoms with Crippen molar-refractivity contribution in [1.82, 2.24) is 0 Å². The quantitative estimate of drug-likeness (QED) is 0.477. The highest BCUT2D eigenvalue weighted by Crippen LogP contribution is 2.32. The highest BCUT2D eigenvalue weighted by molar-refractivity contribution is 14.1. The third-order valence-electron chi connectivity index (χ3n) is 2.37. The number of benzene rings is 2. The van der Waals surface area contributed by atoms with Crippen LogP contribution < -0.4 is 4.74 Å². The van der Waals surface area contributed by atoms with Crippen LogP contribution in [0.25, 0.3) is 0 Å². The molecular formula is C13H10INO3. The van der Waals surface area contributed by atoms with Gasteiger partial charge in [-0.05, 0) is 40.3 Å². The molecule has 0 bridgehead atoms. The normalized spacial score (nSPS) is 10.1. The Balaban J connectivity index is 2.20. The Morgan fingerprint density at radius 1 is 1.11 bits per heavy atom. The minimum Gasteiger partial charge on any atom is -0.482 e. The Labute approximate surface area is 118 Å². The van der Waals surface area contributed by atoms with E-state index in [1.165, 1.54) is 0 Å². The Kier molecular flexibility index (Phi) is 4.14. The minimum absolute atomic E-state index is 0.0223. The first-order chi connectivity index (χ1) is 8.68. The molecule has 0 aliphatic heterocycles. The summed E-state index contributed by atoms with van der Waals surface area (Å²) in [5.74, 6) is 0.302. The van der Waals surface area contributed by atoms with E-state index in [0.29, 0.717) is 15.9 Å². The summed E-state index contributed by atoms with van der Waals surface area (Å²) in [5, 5.41) is 11.0. The van der Waals surface area contributed by atoms with Gasteiger partial charge in [-0.3, -0.25) is 10.1 Å². The smallest absolute Gasteiger partial charge is 0.324 e. The lowest BCUT2D eigenvalue weighted by molar-refractivity contribution is -0.386. The number of hydrogen-bond acceptors (Lipinski definition) is 3. The molecule has 0 aromatic heterocycles. The molecule has 18 heavy (non-hydrogen) atoms. The van der Waals surface area contributed by atoms with Gasteiger partial charge in [-0.25, -0.2) is 0 Å². The van der Waals surface area contributed by atoms with Crippen LogP contribution in [0.1, 0.15) is 5.56 Å². The van der Waals surface area contributed by atoms with Crippen LogP contribution in [0.3, 0.4) is 0 Å². The summed E-state index contributed by atoms with van der Waals surface area (Å²) >= 11 is 1.93. The van der Waals surface area contributed by atoms with E-state index in [0.717, 1.165) is 5.56 Å². The van der Waals surface area contributed by atoms with Crippen molar-refractivity contribution in [3.05, 3.63) is 67.8 Å². The van der Waals surface area contributed by atoms with Crippen LogP contribution in [0, 0.1) is 13.7 Å². The van der Waals surface area contributed by atoms with Crippen LogP contribution in [-0.2, 0) is 6.61 Å². The van der Waals surface area contributed by atoms with E-state index in [9.17, 15) is 10.1 Å². The molecule has 0 saturated carbocycles. The lowest BCUT2D eigenvalue weighted by atomic mass is 10.2. The van der Waals surface area contributed by atoms with Gasteiger partial charge in [0.2, 0.25) is 0 Å². The molecule has 0 heterocycles. The van der Waals surface area contributed by atoms with Crippen LogP contribution in [0.15, 0.2) is 48.5 Å². The SMILES string of the molecule is O=[N+]([O-])c1c(I)cccc1OCc1ccccc1. The van der Waals surface area contributed by atoms with Gasteiger partial charge in [0.25, 0.3) is 0 Å². The van der Waals surface area contributed by atoms with E-state index in [1.807, 2.05) is 52.9 Å². The number of nitro groups is 1. The Morgan fingerprint density at radius 2 is 1.83 bits per heavy atom. The first-order valence-corrected chi connectivity index (χ1v) is 6.36. The van der Waals surface area contributed by atoms with Crippen molar-refractivity contribution < 1.29 is 9.66 Å². The average Bonchev–Trinajstić information content (AvgIpc) is 2.37. The molecule has 0 atom stereocenters. The number of nitrogens with zero attached hydrogens (tertiary/aromatic N) is 1. The summed E-state index contributed by atoms with van der Waals surface area (Å²) in [6, 6.07) is 14.6. The van der Waals surface area contributed by atoms with Crippen LogP contribution in [0.4, 0.5) is 5.69 Å². The monoisotopic (exact) mass is 355 g/mol. The maximum absolute atomic E-state index is 11.0. The fourth-order valence-electron chi connectivity index (χ4n) is 1.52. The van der Waals surface area contributed by atoms with Gasteiger partial charge in [-0.2, -0.15) is 0 Å². The second-order valence-electron chi connectivity index (χ2n) is 3.62. The van der Waals surface area contributed by atoms with Crippen LogP contribution in [0.5, 0.6) is 5.75 Å². The van der Waals surface area contributed by atoms with E-state index in [1.54, 1.807) is 18.2 Å². The van der Waals surface area contributed by atoms with Gasteiger partial charge in [-0.15, -0.1) is 0 Å². The molecule has 0 spiro atoms. The van der Waals surface area contributed by atoms with Crippen LogP contribution in [-0.4, -0.2) is 4.92 Å². The van der Waals surface area contributed by atoms with Crippen LogP contribution in [0.2, 0.25) is 0 Å². The molecule has 0 saturated heterocycles. The Bertz CT molecular complexity index is 557. The number of para-hydroxylation sites is 1. The summed E-state index contributed by atoms with van der Waals surface area (Å²) < 4.78 is 6.09. The fourth-order valence-corrected chi connectivity index (χ4v) is 2.19. The summed E-state index contributed by atoms with van der Waals surface area (Å²) in [4.78, 5) is 10.6. The summed E-state index contributed by atoms with van der Waals surface area (Å²) in [6.45, 7) is 0.321. The zero-order valence-electron chi connectivity index (χ0n) is 9.38. The van der Waals surface area contributed by atoms with Gasteiger partial charge >= 0.3 is 5.69 Å². The van der Waals surface area contributed by atoms with Crippen LogP contribution >= 0.6 is 22.6 Å². The van der Waals surface area contributed by atoms with E-state index in [2.05, 4.69) is 0 Å². The van der Waals surface area contributed by atoms with Crippen molar-refractivity contribution in [3.8, 4) is 5.75 Å². The molecule has 0 amide bonds. The second kappa shape index (κ2) is 5.81. The first kappa shape index (κ1) is 12.8. The van der Waals surface area contributed by atoms with Crippen molar-refractivity contribution in [2.75, 3.05) is 0 Å². The van der Waals surface area contributed by atoms with E-state index < -0.39 is 4.92 Å². The van der Waals surface area contributed by atoms with E-state index in [-0.39, 0.29) is 5.69 Å².